The molecule has 18 heavy (non-hydrogen) atoms. The molecular formula is C13H19INO3-. The summed E-state index contributed by atoms with van der Waals surface area (Å²) in [6.45, 7) is 2.78. The summed E-state index contributed by atoms with van der Waals surface area (Å²) in [5.74, 6) is 2.72. The van der Waals surface area contributed by atoms with Crippen LogP contribution in [0.5, 0.6) is 0 Å². The number of fused-ring (bicyclic) bond motifs is 5. The van der Waals surface area contributed by atoms with Crippen LogP contribution in [0.25, 0.3) is 0 Å². The third kappa shape index (κ3) is 1.81. The third-order valence-corrected chi connectivity index (χ3v) is 7.62. The Morgan fingerprint density at radius 3 is 3.00 bits per heavy atom. The average Bonchev–Trinajstić information content (AvgIpc) is 2.83. The van der Waals surface area contributed by atoms with E-state index in [-0.39, 0.29) is 39.7 Å². The molecule has 2 bridgehead atoms. The Hall–Kier alpha value is 0.120. The van der Waals surface area contributed by atoms with E-state index in [2.05, 4.69) is 3.53 Å². The van der Waals surface area contributed by atoms with Gasteiger partial charge in [-0.2, -0.15) is 0 Å². The number of alkyl halides is 1. The Balaban J connectivity index is 1.42. The molecule has 0 amide bonds. The first kappa shape index (κ1) is 11.9. The van der Waals surface area contributed by atoms with E-state index in [0.717, 1.165) is 18.4 Å². The molecule has 0 radical (unpaired) electrons. The number of hydrogen-bond acceptors (Lipinski definition) is 4. The SMILES string of the molecule is CC(C(=O)OC1OCC2C3CCC(C3)C12)C1N[I-]1. The number of hydrogen-bond donors (Lipinski definition) is 1. The molecule has 2 aliphatic heterocycles. The van der Waals surface area contributed by atoms with E-state index in [9.17, 15) is 4.79 Å². The summed E-state index contributed by atoms with van der Waals surface area (Å²) in [5.41, 5.74) is 0. The zero-order valence-corrected chi connectivity index (χ0v) is 12.6. The summed E-state index contributed by atoms with van der Waals surface area (Å²) in [5, 5.41) is 0. The van der Waals surface area contributed by atoms with E-state index in [4.69, 9.17) is 9.47 Å². The molecule has 1 N–H and O–H groups in total. The number of halogens is 1. The molecule has 0 aromatic heterocycles. The van der Waals surface area contributed by atoms with Gasteiger partial charge in [0.15, 0.2) is 0 Å². The van der Waals surface area contributed by atoms with Gasteiger partial charge in [-0.1, -0.05) is 0 Å². The molecule has 7 atom stereocenters. The predicted octanol–water partition coefficient (Wildman–Crippen LogP) is -1.88. The van der Waals surface area contributed by atoms with Crippen molar-refractivity contribution in [2.45, 2.75) is 36.5 Å². The molecule has 0 aromatic carbocycles. The summed E-state index contributed by atoms with van der Waals surface area (Å²) >= 11 is 0.0724. The average molecular weight is 364 g/mol. The van der Waals surface area contributed by atoms with Crippen LogP contribution in [0.3, 0.4) is 0 Å². The maximum atomic E-state index is 12.1. The zero-order valence-electron chi connectivity index (χ0n) is 10.5. The first-order chi connectivity index (χ1) is 8.74. The van der Waals surface area contributed by atoms with Crippen molar-refractivity contribution in [1.82, 2.24) is 3.53 Å². The minimum absolute atomic E-state index is 0.0130. The van der Waals surface area contributed by atoms with Gasteiger partial charge in [-0.05, 0) is 0 Å². The van der Waals surface area contributed by atoms with Crippen LogP contribution in [0, 0.1) is 29.6 Å². The van der Waals surface area contributed by atoms with E-state index in [0.29, 0.717) is 15.9 Å². The van der Waals surface area contributed by atoms with Crippen molar-refractivity contribution in [3.05, 3.63) is 0 Å². The van der Waals surface area contributed by atoms with Crippen LogP contribution < -0.4 is 25.0 Å². The van der Waals surface area contributed by atoms with Gasteiger partial charge >= 0.3 is 118 Å². The molecule has 4 fully saturated rings. The van der Waals surface area contributed by atoms with E-state index < -0.39 is 0 Å². The molecule has 4 nitrogen and oxygen atoms in total. The van der Waals surface area contributed by atoms with Crippen molar-refractivity contribution in [1.29, 1.82) is 0 Å². The molecule has 5 heteroatoms. The Bertz CT molecular complexity index is 373. The fourth-order valence-corrected chi connectivity index (χ4v) is 5.70. The molecule has 102 valence electrons. The molecule has 2 aliphatic carbocycles. The normalized spacial score (nSPS) is 50.5. The maximum absolute atomic E-state index is 12.1. The van der Waals surface area contributed by atoms with Crippen LogP contribution >= 0.6 is 0 Å². The summed E-state index contributed by atoms with van der Waals surface area (Å²) in [6, 6.07) is 0. The first-order valence-corrected chi connectivity index (χ1v) is 9.26. The topological polar surface area (TPSA) is 57.5 Å². The summed E-state index contributed by atoms with van der Waals surface area (Å²) < 4.78 is 15.1. The second-order valence-electron chi connectivity index (χ2n) is 6.12. The van der Waals surface area contributed by atoms with Crippen molar-refractivity contribution in [3.63, 3.8) is 0 Å². The Kier molecular flexibility index (Phi) is 2.85. The third-order valence-electron chi connectivity index (χ3n) is 5.20. The fraction of sp³-hybridized carbons (Fsp3) is 0.923. The quantitative estimate of drug-likeness (QED) is 0.159. The summed E-state index contributed by atoms with van der Waals surface area (Å²) in [6.07, 6.45) is 3.78. The number of carbonyl (C=O) groups is 1. The molecule has 2 heterocycles. The molecule has 0 spiro atoms. The molecule has 7 unspecified atom stereocenters. The number of carbonyl (C=O) groups excluding carboxylic acids is 1. The van der Waals surface area contributed by atoms with Gasteiger partial charge in [0.2, 0.25) is 0 Å². The van der Waals surface area contributed by atoms with Crippen molar-refractivity contribution in [2.75, 3.05) is 6.61 Å². The van der Waals surface area contributed by atoms with Gasteiger partial charge in [0.05, 0.1) is 0 Å². The molecule has 4 aliphatic rings. The second kappa shape index (κ2) is 4.31. The summed E-state index contributed by atoms with van der Waals surface area (Å²) in [4.78, 5) is 12.1. The minimum atomic E-state index is -0.239. The van der Waals surface area contributed by atoms with Gasteiger partial charge in [-0.25, -0.2) is 0 Å². The molecule has 0 aromatic rings. The van der Waals surface area contributed by atoms with Crippen molar-refractivity contribution < 1.29 is 35.7 Å². The van der Waals surface area contributed by atoms with E-state index in [1.807, 2.05) is 6.92 Å². The van der Waals surface area contributed by atoms with Crippen LogP contribution in [0.15, 0.2) is 0 Å². The van der Waals surface area contributed by atoms with Gasteiger partial charge in [-0.15, -0.1) is 0 Å². The fourth-order valence-electron chi connectivity index (χ4n) is 4.12. The van der Waals surface area contributed by atoms with Gasteiger partial charge in [0.1, 0.15) is 0 Å². The zero-order chi connectivity index (χ0) is 12.3. The Morgan fingerprint density at radius 1 is 1.44 bits per heavy atom. The Labute approximate surface area is 118 Å². The van der Waals surface area contributed by atoms with E-state index in [1.54, 1.807) is 0 Å². The number of ether oxygens (including phenoxy) is 2. The molecular weight excluding hydrogens is 345 g/mol. The molecule has 2 saturated carbocycles. The van der Waals surface area contributed by atoms with Gasteiger partial charge in [-0.3, -0.25) is 0 Å². The van der Waals surface area contributed by atoms with Gasteiger partial charge < -0.3 is 0 Å². The van der Waals surface area contributed by atoms with E-state index >= 15 is 0 Å². The number of rotatable bonds is 3. The monoisotopic (exact) mass is 364 g/mol. The van der Waals surface area contributed by atoms with Crippen LogP contribution in [0.2, 0.25) is 0 Å². The molecule has 2 saturated heterocycles. The van der Waals surface area contributed by atoms with Gasteiger partial charge in [0, 0.05) is 0 Å². The number of esters is 1. The Morgan fingerprint density at radius 2 is 2.22 bits per heavy atom. The van der Waals surface area contributed by atoms with Crippen molar-refractivity contribution in [3.8, 4) is 0 Å². The number of nitrogens with one attached hydrogen (secondary N) is 1. The van der Waals surface area contributed by atoms with Gasteiger partial charge in [0.25, 0.3) is 0 Å². The molecule has 4 rings (SSSR count). The predicted molar refractivity (Wildman–Crippen MR) is 59.7 cm³/mol. The van der Waals surface area contributed by atoms with Crippen LogP contribution in [0.1, 0.15) is 26.2 Å². The second-order valence-corrected chi connectivity index (χ2v) is 8.71. The van der Waals surface area contributed by atoms with Crippen LogP contribution in [-0.2, 0) is 14.3 Å². The summed E-state index contributed by atoms with van der Waals surface area (Å²) in [7, 11) is 0. The first-order valence-electron chi connectivity index (χ1n) is 6.94. The van der Waals surface area contributed by atoms with Crippen LogP contribution in [-0.4, -0.2) is 22.9 Å². The standard InChI is InChI=1S/C13H19INO3/c1-6(11-14-15-11)12(16)18-13-10-8-3-2-7(4-8)9(10)5-17-13/h6-11,13,15H,2-5H2,1H3/q-1. The van der Waals surface area contributed by atoms with Crippen LogP contribution in [0.4, 0.5) is 0 Å². The van der Waals surface area contributed by atoms with Crippen molar-refractivity contribution >= 4 is 5.97 Å². The van der Waals surface area contributed by atoms with E-state index in [1.165, 1.54) is 19.3 Å². The van der Waals surface area contributed by atoms with Crippen molar-refractivity contribution in [2.24, 2.45) is 29.6 Å².